The minimum absolute atomic E-state index is 0.00457. The van der Waals surface area contributed by atoms with Crippen LogP contribution in [0, 0.1) is 0 Å². The van der Waals surface area contributed by atoms with E-state index in [1.807, 2.05) is 0 Å². The second-order valence-corrected chi connectivity index (χ2v) is 4.74. The van der Waals surface area contributed by atoms with Crippen LogP contribution in [0.4, 0.5) is 0 Å². The van der Waals surface area contributed by atoms with Gasteiger partial charge in [0.05, 0.1) is 32.3 Å². The van der Waals surface area contributed by atoms with Crippen LogP contribution in [0.25, 0.3) is 0 Å². The van der Waals surface area contributed by atoms with Gasteiger partial charge in [0.2, 0.25) is 0 Å². The smallest absolute Gasteiger partial charge is 0.330 e. The van der Waals surface area contributed by atoms with Gasteiger partial charge in [-0.05, 0) is 0 Å². The number of carboxylic acid groups (broad SMARTS) is 2. The van der Waals surface area contributed by atoms with Crippen molar-refractivity contribution in [1.82, 2.24) is 0 Å². The van der Waals surface area contributed by atoms with Crippen molar-refractivity contribution in [3.63, 3.8) is 0 Å². The number of hydrogen-bond acceptors (Lipinski definition) is 8. The summed E-state index contributed by atoms with van der Waals surface area (Å²) in [5.74, 6) is -4.57. The molecule has 0 bridgehead atoms. The van der Waals surface area contributed by atoms with Crippen molar-refractivity contribution in [3.8, 4) is 0 Å². The zero-order valence-corrected chi connectivity index (χ0v) is 13.5. The Balaban J connectivity index is 4.29. The molecule has 0 aliphatic carbocycles. The van der Waals surface area contributed by atoms with Crippen molar-refractivity contribution in [2.45, 2.75) is 38.2 Å². The lowest BCUT2D eigenvalue weighted by Crippen LogP contribution is -2.26. The molecular weight excluding hydrogens is 340 g/mol. The molecule has 0 rings (SSSR count). The molecule has 0 aromatic heterocycles. The highest BCUT2D eigenvalue weighted by atomic mass is 16.6. The molecule has 0 aliphatic heterocycles. The molecule has 1 atom stereocenters. The Morgan fingerprint density at radius 2 is 1.40 bits per heavy atom. The fourth-order valence-electron chi connectivity index (χ4n) is 1.44. The van der Waals surface area contributed by atoms with Crippen LogP contribution in [0.1, 0.15) is 32.1 Å². The molecule has 10 heteroatoms. The SMILES string of the molecule is C=CC(=O)OC(CCOC(=O)CCC(=O)O)COC(=O)CCC(=O)O. The van der Waals surface area contributed by atoms with E-state index in [0.29, 0.717) is 0 Å². The van der Waals surface area contributed by atoms with E-state index in [0.717, 1.165) is 6.08 Å². The van der Waals surface area contributed by atoms with Crippen molar-refractivity contribution in [2.75, 3.05) is 13.2 Å². The van der Waals surface area contributed by atoms with Crippen molar-refractivity contribution >= 4 is 29.8 Å². The van der Waals surface area contributed by atoms with Crippen LogP contribution in [0.5, 0.6) is 0 Å². The number of esters is 3. The quantitative estimate of drug-likeness (QED) is 0.266. The van der Waals surface area contributed by atoms with Gasteiger partial charge < -0.3 is 24.4 Å². The highest BCUT2D eigenvalue weighted by Gasteiger charge is 2.17. The van der Waals surface area contributed by atoms with Gasteiger partial charge in [-0.25, -0.2) is 4.79 Å². The lowest BCUT2D eigenvalue weighted by molar-refractivity contribution is -0.158. The lowest BCUT2D eigenvalue weighted by Gasteiger charge is -2.17. The Morgan fingerprint density at radius 1 is 0.880 bits per heavy atom. The van der Waals surface area contributed by atoms with E-state index < -0.39 is 42.4 Å². The third kappa shape index (κ3) is 13.2. The molecule has 0 heterocycles. The largest absolute Gasteiger partial charge is 0.481 e. The van der Waals surface area contributed by atoms with Gasteiger partial charge >= 0.3 is 29.8 Å². The summed E-state index contributed by atoms with van der Waals surface area (Å²) in [6.07, 6.45) is -1.40. The molecule has 1 unspecified atom stereocenters. The maximum absolute atomic E-state index is 11.4. The molecule has 10 nitrogen and oxygen atoms in total. The summed E-state index contributed by atoms with van der Waals surface area (Å²) in [6, 6.07) is 0. The summed E-state index contributed by atoms with van der Waals surface area (Å²) >= 11 is 0. The number of carbonyl (C=O) groups excluding carboxylic acids is 3. The molecule has 0 saturated heterocycles. The van der Waals surface area contributed by atoms with E-state index in [4.69, 9.17) is 24.4 Å². The van der Waals surface area contributed by atoms with Crippen LogP contribution in [0.15, 0.2) is 12.7 Å². The Bertz CT molecular complexity index is 510. The topological polar surface area (TPSA) is 154 Å². The monoisotopic (exact) mass is 360 g/mol. The number of rotatable bonds is 13. The second kappa shape index (κ2) is 12.5. The maximum Gasteiger partial charge on any atom is 0.330 e. The summed E-state index contributed by atoms with van der Waals surface area (Å²) in [6.45, 7) is 2.70. The third-order valence-corrected chi connectivity index (χ3v) is 2.67. The molecule has 0 radical (unpaired) electrons. The summed E-state index contributed by atoms with van der Waals surface area (Å²) in [5.41, 5.74) is 0. The number of carboxylic acids is 2. The molecule has 0 spiro atoms. The third-order valence-electron chi connectivity index (χ3n) is 2.67. The minimum atomic E-state index is -1.15. The van der Waals surface area contributed by atoms with Gasteiger partial charge in [-0.3, -0.25) is 19.2 Å². The fourth-order valence-corrected chi connectivity index (χ4v) is 1.44. The molecule has 0 aliphatic rings. The maximum atomic E-state index is 11.4. The first-order valence-corrected chi connectivity index (χ1v) is 7.32. The molecule has 2 N–H and O–H groups in total. The summed E-state index contributed by atoms with van der Waals surface area (Å²) in [5, 5.41) is 16.9. The molecular formula is C15H20O10. The first-order chi connectivity index (χ1) is 11.7. The predicted molar refractivity (Wildman–Crippen MR) is 80.4 cm³/mol. The zero-order valence-electron chi connectivity index (χ0n) is 13.5. The van der Waals surface area contributed by atoms with E-state index >= 15 is 0 Å². The van der Waals surface area contributed by atoms with Gasteiger partial charge in [0.15, 0.2) is 0 Å². The van der Waals surface area contributed by atoms with Gasteiger partial charge in [-0.15, -0.1) is 0 Å². The lowest BCUT2D eigenvalue weighted by atomic mass is 10.2. The molecule has 140 valence electrons. The Labute approximate surface area is 143 Å². The van der Waals surface area contributed by atoms with Crippen LogP contribution in [0.2, 0.25) is 0 Å². The molecule has 0 aromatic carbocycles. The van der Waals surface area contributed by atoms with E-state index in [1.54, 1.807) is 0 Å². The number of hydrogen-bond donors (Lipinski definition) is 2. The standard InChI is InChI=1S/C15H20O10/c1-2-13(20)25-10(9-24-15(22)6-4-12(18)19)7-8-23-14(21)5-3-11(16)17/h2,10H,1,3-9H2,(H,16,17)(H,18,19). The first kappa shape index (κ1) is 22.1. The van der Waals surface area contributed by atoms with Crippen LogP contribution < -0.4 is 0 Å². The zero-order chi connectivity index (χ0) is 19.2. The highest BCUT2D eigenvalue weighted by Crippen LogP contribution is 2.05. The Kier molecular flexibility index (Phi) is 11.0. The van der Waals surface area contributed by atoms with E-state index in [9.17, 15) is 24.0 Å². The van der Waals surface area contributed by atoms with Crippen molar-refractivity contribution in [2.24, 2.45) is 0 Å². The predicted octanol–water partition coefficient (Wildman–Crippen LogP) is 0.290. The summed E-state index contributed by atoms with van der Waals surface area (Å²) in [4.78, 5) is 54.5. The highest BCUT2D eigenvalue weighted by molar-refractivity contribution is 5.81. The summed E-state index contributed by atoms with van der Waals surface area (Å²) < 4.78 is 14.5. The van der Waals surface area contributed by atoms with Crippen molar-refractivity contribution < 1.29 is 48.4 Å². The number of aliphatic carboxylic acids is 2. The average Bonchev–Trinajstić information content (AvgIpc) is 2.55. The van der Waals surface area contributed by atoms with E-state index in [1.165, 1.54) is 0 Å². The van der Waals surface area contributed by atoms with Crippen LogP contribution in [-0.4, -0.2) is 59.4 Å². The second-order valence-electron chi connectivity index (χ2n) is 4.74. The Hall–Kier alpha value is -2.91. The minimum Gasteiger partial charge on any atom is -0.481 e. The van der Waals surface area contributed by atoms with Crippen LogP contribution >= 0.6 is 0 Å². The summed E-state index contributed by atoms with van der Waals surface area (Å²) in [7, 11) is 0. The van der Waals surface area contributed by atoms with Gasteiger partial charge in [-0.1, -0.05) is 6.58 Å². The van der Waals surface area contributed by atoms with Crippen molar-refractivity contribution in [3.05, 3.63) is 12.7 Å². The van der Waals surface area contributed by atoms with Crippen LogP contribution in [-0.2, 0) is 38.2 Å². The Morgan fingerprint density at radius 3 is 1.88 bits per heavy atom. The van der Waals surface area contributed by atoms with Gasteiger partial charge in [0, 0.05) is 12.5 Å². The van der Waals surface area contributed by atoms with Crippen molar-refractivity contribution in [1.29, 1.82) is 0 Å². The number of carbonyl (C=O) groups is 5. The average molecular weight is 360 g/mol. The molecule has 0 aromatic rings. The molecule has 0 saturated carbocycles. The number of ether oxygens (including phenoxy) is 3. The van der Waals surface area contributed by atoms with E-state index in [-0.39, 0.29) is 38.9 Å². The normalized spacial score (nSPS) is 11.0. The van der Waals surface area contributed by atoms with Gasteiger partial charge in [0.1, 0.15) is 12.7 Å². The van der Waals surface area contributed by atoms with Crippen LogP contribution in [0.3, 0.4) is 0 Å². The first-order valence-electron chi connectivity index (χ1n) is 7.32. The fraction of sp³-hybridized carbons (Fsp3) is 0.533. The molecule has 0 fully saturated rings. The molecule has 25 heavy (non-hydrogen) atoms. The van der Waals surface area contributed by atoms with Gasteiger partial charge in [-0.2, -0.15) is 0 Å². The van der Waals surface area contributed by atoms with E-state index in [2.05, 4.69) is 6.58 Å². The molecule has 0 amide bonds. The van der Waals surface area contributed by atoms with Gasteiger partial charge in [0.25, 0.3) is 0 Å².